The third kappa shape index (κ3) is 2.41. The third-order valence-electron chi connectivity index (χ3n) is 2.42. The van der Waals surface area contributed by atoms with Crippen LogP contribution in [0.4, 0.5) is 0 Å². The molecular weight excluding hydrogens is 254 g/mol. The van der Waals surface area contributed by atoms with Gasteiger partial charge in [-0.25, -0.2) is 12.7 Å². The van der Waals surface area contributed by atoms with Crippen LogP contribution in [0.25, 0.3) is 10.4 Å². The Labute approximate surface area is 105 Å². The van der Waals surface area contributed by atoms with Gasteiger partial charge in [0, 0.05) is 19.0 Å². The Balaban J connectivity index is 2.50. The molecular formula is C12H13NO2S2. The molecule has 0 unspecified atom stereocenters. The summed E-state index contributed by atoms with van der Waals surface area (Å²) in [5.74, 6) is 0. The van der Waals surface area contributed by atoms with Crippen LogP contribution in [0.15, 0.2) is 46.7 Å². The molecule has 3 nitrogen and oxygen atoms in total. The number of hydrogen-bond donors (Lipinski definition) is 0. The minimum absolute atomic E-state index is 0.327. The molecule has 5 heteroatoms. The van der Waals surface area contributed by atoms with Crippen molar-refractivity contribution < 1.29 is 8.42 Å². The molecule has 2 aromatic rings. The molecule has 17 heavy (non-hydrogen) atoms. The normalized spacial score (nSPS) is 11.9. The van der Waals surface area contributed by atoms with Gasteiger partial charge < -0.3 is 0 Å². The van der Waals surface area contributed by atoms with Crippen LogP contribution in [-0.4, -0.2) is 26.8 Å². The molecule has 0 bridgehead atoms. The van der Waals surface area contributed by atoms with Gasteiger partial charge >= 0.3 is 0 Å². The van der Waals surface area contributed by atoms with Crippen LogP contribution in [0.5, 0.6) is 0 Å². The van der Waals surface area contributed by atoms with Gasteiger partial charge in [0.2, 0.25) is 10.0 Å². The molecule has 0 spiro atoms. The van der Waals surface area contributed by atoms with E-state index in [0.29, 0.717) is 4.90 Å². The lowest BCUT2D eigenvalue weighted by atomic mass is 10.2. The Kier molecular flexibility index (Phi) is 3.33. The average Bonchev–Trinajstić information content (AvgIpc) is 2.82. The van der Waals surface area contributed by atoms with Gasteiger partial charge in [0.25, 0.3) is 0 Å². The van der Waals surface area contributed by atoms with Crippen molar-refractivity contribution in [3.05, 3.63) is 41.8 Å². The molecule has 0 aliphatic rings. The Morgan fingerprint density at radius 1 is 1.12 bits per heavy atom. The van der Waals surface area contributed by atoms with Crippen LogP contribution in [0.3, 0.4) is 0 Å². The van der Waals surface area contributed by atoms with Crippen LogP contribution in [-0.2, 0) is 10.0 Å². The van der Waals surface area contributed by atoms with Gasteiger partial charge in [-0.3, -0.25) is 0 Å². The van der Waals surface area contributed by atoms with Crippen molar-refractivity contribution in [3.63, 3.8) is 0 Å². The monoisotopic (exact) mass is 267 g/mol. The lowest BCUT2D eigenvalue weighted by molar-refractivity contribution is 0.521. The molecule has 0 atom stereocenters. The fraction of sp³-hybridized carbons (Fsp3) is 0.167. The van der Waals surface area contributed by atoms with Crippen LogP contribution >= 0.6 is 11.3 Å². The van der Waals surface area contributed by atoms with E-state index >= 15 is 0 Å². The standard InChI is InChI=1S/C12H13NO2S2/c1-13(2)17(14,15)11-6-3-5-10(9-11)12-7-4-8-16-12/h3-9H,1-2H3. The second-order valence-electron chi connectivity index (χ2n) is 3.79. The Hall–Kier alpha value is -1.17. The molecule has 0 fully saturated rings. The lowest BCUT2D eigenvalue weighted by Crippen LogP contribution is -2.22. The zero-order valence-corrected chi connectivity index (χ0v) is 11.3. The maximum atomic E-state index is 12.0. The molecule has 0 amide bonds. The van der Waals surface area contributed by atoms with Crippen molar-refractivity contribution >= 4 is 21.4 Å². The minimum atomic E-state index is -3.35. The molecule has 1 aromatic carbocycles. The summed E-state index contributed by atoms with van der Waals surface area (Å²) >= 11 is 1.60. The lowest BCUT2D eigenvalue weighted by Gasteiger charge is -2.11. The zero-order chi connectivity index (χ0) is 12.5. The highest BCUT2D eigenvalue weighted by molar-refractivity contribution is 7.89. The van der Waals surface area contributed by atoms with E-state index in [1.54, 1.807) is 29.5 Å². The van der Waals surface area contributed by atoms with Gasteiger partial charge in [0.05, 0.1) is 4.90 Å². The Morgan fingerprint density at radius 2 is 1.88 bits per heavy atom. The van der Waals surface area contributed by atoms with Gasteiger partial charge in [-0.2, -0.15) is 0 Å². The summed E-state index contributed by atoms with van der Waals surface area (Å²) in [6.45, 7) is 0. The molecule has 0 saturated heterocycles. The van der Waals surface area contributed by atoms with E-state index in [2.05, 4.69) is 0 Å². The van der Waals surface area contributed by atoms with Gasteiger partial charge in [0.1, 0.15) is 0 Å². The SMILES string of the molecule is CN(C)S(=O)(=O)c1cccc(-c2cccs2)c1. The maximum absolute atomic E-state index is 12.0. The number of benzene rings is 1. The van der Waals surface area contributed by atoms with E-state index < -0.39 is 10.0 Å². The van der Waals surface area contributed by atoms with Crippen LogP contribution in [0.2, 0.25) is 0 Å². The summed E-state index contributed by atoms with van der Waals surface area (Å²) in [6, 6.07) is 10.9. The highest BCUT2D eigenvalue weighted by Crippen LogP contribution is 2.27. The number of nitrogens with zero attached hydrogens (tertiary/aromatic N) is 1. The molecule has 0 aliphatic heterocycles. The van der Waals surface area contributed by atoms with Gasteiger partial charge in [-0.15, -0.1) is 11.3 Å². The van der Waals surface area contributed by atoms with Crippen LogP contribution < -0.4 is 0 Å². The zero-order valence-electron chi connectivity index (χ0n) is 9.62. The number of sulfonamides is 1. The van der Waals surface area contributed by atoms with Crippen molar-refractivity contribution in [1.82, 2.24) is 4.31 Å². The highest BCUT2D eigenvalue weighted by Gasteiger charge is 2.17. The third-order valence-corrected chi connectivity index (χ3v) is 5.15. The fourth-order valence-electron chi connectivity index (χ4n) is 1.46. The second kappa shape index (κ2) is 4.60. The molecule has 0 N–H and O–H groups in total. The van der Waals surface area contributed by atoms with Crippen LogP contribution in [0, 0.1) is 0 Å². The first-order valence-corrected chi connectivity index (χ1v) is 7.40. The first-order chi connectivity index (χ1) is 8.01. The predicted octanol–water partition coefficient (Wildman–Crippen LogP) is 2.67. The molecule has 0 radical (unpaired) electrons. The van der Waals surface area contributed by atoms with Crippen molar-refractivity contribution in [1.29, 1.82) is 0 Å². The number of thiophene rings is 1. The largest absolute Gasteiger partial charge is 0.242 e. The average molecular weight is 267 g/mol. The summed E-state index contributed by atoms with van der Waals surface area (Å²) in [7, 11) is -0.283. The fourth-order valence-corrected chi connectivity index (χ4v) is 3.14. The minimum Gasteiger partial charge on any atom is -0.207 e. The molecule has 90 valence electrons. The second-order valence-corrected chi connectivity index (χ2v) is 6.89. The summed E-state index contributed by atoms with van der Waals surface area (Å²) in [6.07, 6.45) is 0. The molecule has 1 aromatic heterocycles. The quantitative estimate of drug-likeness (QED) is 0.857. The first-order valence-electron chi connectivity index (χ1n) is 5.08. The smallest absolute Gasteiger partial charge is 0.207 e. The van der Waals surface area contributed by atoms with E-state index in [-0.39, 0.29) is 0 Å². The predicted molar refractivity (Wildman–Crippen MR) is 70.6 cm³/mol. The summed E-state index contributed by atoms with van der Waals surface area (Å²) in [5.41, 5.74) is 0.933. The highest BCUT2D eigenvalue weighted by atomic mass is 32.2. The first kappa shape index (κ1) is 12.3. The van der Waals surface area contributed by atoms with E-state index in [4.69, 9.17) is 0 Å². The molecule has 0 saturated carbocycles. The molecule has 0 aliphatic carbocycles. The summed E-state index contributed by atoms with van der Waals surface area (Å²) in [5, 5.41) is 1.97. The van der Waals surface area contributed by atoms with Crippen molar-refractivity contribution in [3.8, 4) is 10.4 Å². The molecule has 1 heterocycles. The summed E-state index contributed by atoms with van der Waals surface area (Å²) < 4.78 is 25.2. The van der Waals surface area contributed by atoms with E-state index in [1.807, 2.05) is 23.6 Å². The van der Waals surface area contributed by atoms with E-state index in [0.717, 1.165) is 10.4 Å². The van der Waals surface area contributed by atoms with Gasteiger partial charge in [-0.1, -0.05) is 18.2 Å². The van der Waals surface area contributed by atoms with Gasteiger partial charge in [-0.05, 0) is 29.1 Å². The number of rotatable bonds is 3. The Bertz CT molecular complexity index is 601. The van der Waals surface area contributed by atoms with Crippen LogP contribution in [0.1, 0.15) is 0 Å². The van der Waals surface area contributed by atoms with Gasteiger partial charge in [0.15, 0.2) is 0 Å². The van der Waals surface area contributed by atoms with Crippen molar-refractivity contribution in [2.75, 3.05) is 14.1 Å². The summed E-state index contributed by atoms with van der Waals surface area (Å²) in [4.78, 5) is 1.40. The van der Waals surface area contributed by atoms with E-state index in [1.165, 1.54) is 18.4 Å². The topological polar surface area (TPSA) is 37.4 Å². The molecule has 2 rings (SSSR count). The number of hydrogen-bond acceptors (Lipinski definition) is 3. The van der Waals surface area contributed by atoms with Crippen molar-refractivity contribution in [2.24, 2.45) is 0 Å². The van der Waals surface area contributed by atoms with Crippen molar-refractivity contribution in [2.45, 2.75) is 4.90 Å². The Morgan fingerprint density at radius 3 is 2.47 bits per heavy atom. The maximum Gasteiger partial charge on any atom is 0.242 e. The van der Waals surface area contributed by atoms with E-state index in [9.17, 15) is 8.42 Å².